The number of guanidine groups is 1. The standard InChI is InChI=1S/C21H26N4O3/c1-25(2)20(26)14-24-21(22-11-10-16-6-4-3-5-7-16)23-13-17-8-9-18-19(12-17)28-15-27-18/h3-9,12H,10-11,13-15H2,1-2H3,(H2,22,23,24). The topological polar surface area (TPSA) is 75.2 Å². The van der Waals surface area contributed by atoms with Crippen molar-refractivity contribution < 1.29 is 14.3 Å². The predicted octanol–water partition coefficient (Wildman–Crippen LogP) is 1.78. The molecule has 0 aliphatic carbocycles. The summed E-state index contributed by atoms with van der Waals surface area (Å²) >= 11 is 0. The molecule has 1 amide bonds. The molecule has 7 nitrogen and oxygen atoms in total. The Hall–Kier alpha value is -3.22. The second-order valence-electron chi connectivity index (χ2n) is 6.66. The number of carbonyl (C=O) groups is 1. The van der Waals surface area contributed by atoms with Crippen molar-refractivity contribution in [3.05, 3.63) is 59.7 Å². The van der Waals surface area contributed by atoms with Crippen molar-refractivity contribution >= 4 is 11.9 Å². The largest absolute Gasteiger partial charge is 0.454 e. The quantitative estimate of drug-likeness (QED) is 0.564. The average molecular weight is 382 g/mol. The molecule has 2 N–H and O–H groups in total. The Bertz CT molecular complexity index is 822. The number of likely N-dealkylation sites (N-methyl/N-ethyl adjacent to an activating group) is 1. The van der Waals surface area contributed by atoms with Crippen LogP contribution in [0.3, 0.4) is 0 Å². The normalized spacial score (nSPS) is 12.6. The zero-order chi connectivity index (χ0) is 19.8. The molecule has 0 aromatic heterocycles. The number of hydrogen-bond acceptors (Lipinski definition) is 4. The number of nitrogens with one attached hydrogen (secondary N) is 2. The Morgan fingerprint density at radius 1 is 1.04 bits per heavy atom. The lowest BCUT2D eigenvalue weighted by molar-refractivity contribution is -0.127. The summed E-state index contributed by atoms with van der Waals surface area (Å²) in [6, 6.07) is 16.0. The van der Waals surface area contributed by atoms with Crippen molar-refractivity contribution in [2.45, 2.75) is 13.0 Å². The molecule has 2 aromatic rings. The molecule has 1 aliphatic rings. The molecule has 0 bridgehead atoms. The molecule has 0 saturated carbocycles. The summed E-state index contributed by atoms with van der Waals surface area (Å²) in [5.41, 5.74) is 2.25. The van der Waals surface area contributed by atoms with Crippen molar-refractivity contribution in [2.75, 3.05) is 34.0 Å². The summed E-state index contributed by atoms with van der Waals surface area (Å²) in [4.78, 5) is 18.1. The fourth-order valence-electron chi connectivity index (χ4n) is 2.67. The maximum absolute atomic E-state index is 11.9. The molecule has 0 spiro atoms. The van der Waals surface area contributed by atoms with Gasteiger partial charge in [-0.1, -0.05) is 36.4 Å². The number of hydrogen-bond donors (Lipinski definition) is 2. The van der Waals surface area contributed by atoms with E-state index in [1.165, 1.54) is 5.56 Å². The molecule has 0 saturated heterocycles. The van der Waals surface area contributed by atoms with Gasteiger partial charge in [0.1, 0.15) is 0 Å². The highest BCUT2D eigenvalue weighted by molar-refractivity contribution is 5.86. The number of rotatable bonds is 7. The van der Waals surface area contributed by atoms with E-state index >= 15 is 0 Å². The lowest BCUT2D eigenvalue weighted by atomic mass is 10.1. The molecule has 0 fully saturated rings. The number of carbonyl (C=O) groups excluding carboxylic acids is 1. The van der Waals surface area contributed by atoms with E-state index in [1.807, 2.05) is 36.4 Å². The zero-order valence-corrected chi connectivity index (χ0v) is 16.3. The lowest BCUT2D eigenvalue weighted by Crippen LogP contribution is -2.43. The number of benzene rings is 2. The summed E-state index contributed by atoms with van der Waals surface area (Å²) in [5.74, 6) is 2.08. The van der Waals surface area contributed by atoms with Crippen LogP contribution in [0, 0.1) is 0 Å². The molecule has 0 unspecified atom stereocenters. The third-order valence-electron chi connectivity index (χ3n) is 4.31. The number of fused-ring (bicyclic) bond motifs is 1. The summed E-state index contributed by atoms with van der Waals surface area (Å²) < 4.78 is 10.7. The van der Waals surface area contributed by atoms with E-state index < -0.39 is 0 Å². The molecule has 0 atom stereocenters. The molecule has 3 rings (SSSR count). The van der Waals surface area contributed by atoms with Gasteiger partial charge in [0.15, 0.2) is 17.5 Å². The van der Waals surface area contributed by atoms with Gasteiger partial charge in [-0.25, -0.2) is 4.99 Å². The van der Waals surface area contributed by atoms with Gasteiger partial charge in [0.2, 0.25) is 12.7 Å². The van der Waals surface area contributed by atoms with Gasteiger partial charge in [-0.2, -0.15) is 0 Å². The minimum absolute atomic E-state index is 0.0133. The predicted molar refractivity (Wildman–Crippen MR) is 109 cm³/mol. The first-order valence-electron chi connectivity index (χ1n) is 9.26. The lowest BCUT2D eigenvalue weighted by Gasteiger charge is -2.15. The highest BCUT2D eigenvalue weighted by Crippen LogP contribution is 2.32. The van der Waals surface area contributed by atoms with E-state index in [-0.39, 0.29) is 19.2 Å². The molecule has 1 aliphatic heterocycles. The number of nitrogens with zero attached hydrogens (tertiary/aromatic N) is 2. The second-order valence-corrected chi connectivity index (χ2v) is 6.66. The molecular formula is C21H26N4O3. The summed E-state index contributed by atoms with van der Waals surface area (Å²) in [7, 11) is 3.46. The van der Waals surface area contributed by atoms with Crippen LogP contribution in [0.25, 0.3) is 0 Å². The first kappa shape index (κ1) is 19.5. The fraction of sp³-hybridized carbons (Fsp3) is 0.333. The Morgan fingerprint density at radius 2 is 1.82 bits per heavy atom. The number of ether oxygens (including phenoxy) is 2. The molecule has 1 heterocycles. The Morgan fingerprint density at radius 3 is 2.61 bits per heavy atom. The summed E-state index contributed by atoms with van der Waals surface area (Å²) in [6.07, 6.45) is 0.868. The van der Waals surface area contributed by atoms with Gasteiger partial charge < -0.3 is 25.0 Å². The van der Waals surface area contributed by atoms with E-state index in [0.717, 1.165) is 23.5 Å². The van der Waals surface area contributed by atoms with Crippen molar-refractivity contribution in [1.82, 2.24) is 15.5 Å². The van der Waals surface area contributed by atoms with Crippen LogP contribution in [-0.4, -0.2) is 50.7 Å². The number of aliphatic imine (C=N–C) groups is 1. The third-order valence-corrected chi connectivity index (χ3v) is 4.31. The SMILES string of the molecule is CN(C)C(=O)CNC(=NCc1ccc2c(c1)OCO2)NCCc1ccccc1. The molecule has 148 valence electrons. The van der Waals surface area contributed by atoms with E-state index in [0.29, 0.717) is 19.0 Å². The van der Waals surface area contributed by atoms with Gasteiger partial charge in [0.25, 0.3) is 0 Å². The molecular weight excluding hydrogens is 356 g/mol. The minimum Gasteiger partial charge on any atom is -0.454 e. The van der Waals surface area contributed by atoms with E-state index in [1.54, 1.807) is 19.0 Å². The molecule has 2 aromatic carbocycles. The van der Waals surface area contributed by atoms with Gasteiger partial charge in [0.05, 0.1) is 13.1 Å². The first-order valence-corrected chi connectivity index (χ1v) is 9.26. The number of amides is 1. The van der Waals surface area contributed by atoms with Crippen molar-refractivity contribution in [2.24, 2.45) is 4.99 Å². The minimum atomic E-state index is -0.0133. The van der Waals surface area contributed by atoms with Crippen LogP contribution in [0.15, 0.2) is 53.5 Å². The van der Waals surface area contributed by atoms with Crippen molar-refractivity contribution in [3.8, 4) is 11.5 Å². The zero-order valence-electron chi connectivity index (χ0n) is 16.3. The maximum atomic E-state index is 11.9. The van der Waals surface area contributed by atoms with E-state index in [2.05, 4.69) is 27.8 Å². The van der Waals surface area contributed by atoms with Crippen LogP contribution in [-0.2, 0) is 17.8 Å². The maximum Gasteiger partial charge on any atom is 0.241 e. The Kier molecular flexibility index (Phi) is 6.73. The monoisotopic (exact) mass is 382 g/mol. The van der Waals surface area contributed by atoms with Gasteiger partial charge in [-0.3, -0.25) is 4.79 Å². The van der Waals surface area contributed by atoms with E-state index in [4.69, 9.17) is 9.47 Å². The van der Waals surface area contributed by atoms with Crippen LogP contribution in [0.4, 0.5) is 0 Å². The summed E-state index contributed by atoms with van der Waals surface area (Å²) in [5, 5.41) is 6.40. The van der Waals surface area contributed by atoms with Gasteiger partial charge in [0, 0.05) is 20.6 Å². The summed E-state index contributed by atoms with van der Waals surface area (Å²) in [6.45, 7) is 1.62. The van der Waals surface area contributed by atoms with Gasteiger partial charge in [-0.05, 0) is 29.7 Å². The average Bonchev–Trinajstić information content (AvgIpc) is 3.18. The molecule has 7 heteroatoms. The third kappa shape index (κ3) is 5.64. The van der Waals surface area contributed by atoms with Crippen molar-refractivity contribution in [3.63, 3.8) is 0 Å². The second kappa shape index (κ2) is 9.64. The van der Waals surface area contributed by atoms with Crippen LogP contribution in [0.5, 0.6) is 11.5 Å². The Balaban J connectivity index is 1.60. The van der Waals surface area contributed by atoms with Crippen molar-refractivity contribution in [1.29, 1.82) is 0 Å². The highest BCUT2D eigenvalue weighted by atomic mass is 16.7. The molecule has 28 heavy (non-hydrogen) atoms. The highest BCUT2D eigenvalue weighted by Gasteiger charge is 2.13. The van der Waals surface area contributed by atoms with Gasteiger partial charge >= 0.3 is 0 Å². The Labute approximate surface area is 165 Å². The smallest absolute Gasteiger partial charge is 0.241 e. The molecule has 0 radical (unpaired) electrons. The van der Waals surface area contributed by atoms with E-state index in [9.17, 15) is 4.79 Å². The van der Waals surface area contributed by atoms with Crippen LogP contribution < -0.4 is 20.1 Å². The fourth-order valence-corrected chi connectivity index (χ4v) is 2.67. The first-order chi connectivity index (χ1) is 13.6. The van der Waals surface area contributed by atoms with Crippen LogP contribution in [0.1, 0.15) is 11.1 Å². The van der Waals surface area contributed by atoms with Crippen LogP contribution >= 0.6 is 0 Å². The van der Waals surface area contributed by atoms with Gasteiger partial charge in [-0.15, -0.1) is 0 Å². The van der Waals surface area contributed by atoms with Crippen LogP contribution in [0.2, 0.25) is 0 Å².